The minimum absolute atomic E-state index is 0.0983. The standard InChI is InChI=1S/C6H10N3OS/c1-4-2-11-6-8-7-3-9(6)5(4)10/h4-6,8,10H,2H2,1H3. The molecule has 0 spiro atoms. The van der Waals surface area contributed by atoms with Crippen LogP contribution in [0.4, 0.5) is 0 Å². The molecule has 2 aliphatic heterocycles. The molecule has 0 bridgehead atoms. The summed E-state index contributed by atoms with van der Waals surface area (Å²) in [5, 5.41) is 13.4. The number of nitrogens with one attached hydrogen (secondary N) is 1. The Balaban J connectivity index is 2.11. The second kappa shape index (κ2) is 2.57. The molecule has 1 radical (unpaired) electrons. The molecule has 0 aromatic heterocycles. The summed E-state index contributed by atoms with van der Waals surface area (Å²) >= 11 is 1.74. The maximum atomic E-state index is 9.60. The highest BCUT2D eigenvalue weighted by Crippen LogP contribution is 2.29. The van der Waals surface area contributed by atoms with E-state index < -0.39 is 6.23 Å². The fraction of sp³-hybridized carbons (Fsp3) is 0.833. The van der Waals surface area contributed by atoms with Crippen molar-refractivity contribution < 1.29 is 5.11 Å². The van der Waals surface area contributed by atoms with Crippen LogP contribution in [0.2, 0.25) is 0 Å². The molecule has 0 saturated carbocycles. The highest BCUT2D eigenvalue weighted by molar-refractivity contribution is 7.99. The number of aliphatic hydroxyl groups is 1. The lowest BCUT2D eigenvalue weighted by Crippen LogP contribution is -2.49. The van der Waals surface area contributed by atoms with Crippen molar-refractivity contribution in [3.8, 4) is 0 Å². The second-order valence-corrected chi connectivity index (χ2v) is 3.94. The van der Waals surface area contributed by atoms with Gasteiger partial charge in [0, 0.05) is 11.7 Å². The van der Waals surface area contributed by atoms with Gasteiger partial charge in [0.05, 0.1) is 0 Å². The van der Waals surface area contributed by atoms with Crippen molar-refractivity contribution in [2.75, 3.05) is 5.75 Å². The molecule has 0 aromatic rings. The average Bonchev–Trinajstić information content (AvgIpc) is 2.45. The summed E-state index contributed by atoms with van der Waals surface area (Å²) in [7, 11) is 0. The van der Waals surface area contributed by atoms with Crippen molar-refractivity contribution in [3.63, 3.8) is 0 Å². The lowest BCUT2D eigenvalue weighted by Gasteiger charge is -2.36. The van der Waals surface area contributed by atoms with E-state index in [0.29, 0.717) is 5.92 Å². The van der Waals surface area contributed by atoms with Gasteiger partial charge in [-0.3, -0.25) is 10.3 Å². The maximum absolute atomic E-state index is 9.60. The Kier molecular flexibility index (Phi) is 1.69. The van der Waals surface area contributed by atoms with Crippen LogP contribution < -0.4 is 5.43 Å². The molecule has 61 valence electrons. The topological polar surface area (TPSA) is 47.9 Å². The molecule has 0 aliphatic carbocycles. The first-order chi connectivity index (χ1) is 5.29. The summed E-state index contributed by atoms with van der Waals surface area (Å²) in [5.41, 5.74) is 2.95. The first kappa shape index (κ1) is 7.24. The van der Waals surface area contributed by atoms with Gasteiger partial charge in [0.15, 0.2) is 11.8 Å². The Morgan fingerprint density at radius 3 is 3.45 bits per heavy atom. The van der Waals surface area contributed by atoms with E-state index in [2.05, 4.69) is 16.9 Å². The monoisotopic (exact) mass is 172 g/mol. The number of hydrogen-bond acceptors (Lipinski definition) is 5. The molecule has 1 saturated heterocycles. The summed E-state index contributed by atoms with van der Waals surface area (Å²) in [5.74, 6) is 1.26. The van der Waals surface area contributed by atoms with Crippen LogP contribution in [0.5, 0.6) is 0 Å². The van der Waals surface area contributed by atoms with Gasteiger partial charge < -0.3 is 5.11 Å². The highest BCUT2D eigenvalue weighted by Gasteiger charge is 2.35. The van der Waals surface area contributed by atoms with E-state index in [1.54, 1.807) is 16.7 Å². The van der Waals surface area contributed by atoms with E-state index in [0.717, 1.165) is 5.75 Å². The van der Waals surface area contributed by atoms with Gasteiger partial charge in [-0.05, 0) is 0 Å². The van der Waals surface area contributed by atoms with Gasteiger partial charge in [-0.15, -0.1) is 11.8 Å². The normalized spacial score (nSPS) is 42.0. The van der Waals surface area contributed by atoms with Crippen LogP contribution in [0.3, 0.4) is 0 Å². The van der Waals surface area contributed by atoms with E-state index in [1.807, 2.05) is 6.92 Å². The fourth-order valence-corrected chi connectivity index (χ4v) is 2.29. The van der Waals surface area contributed by atoms with Gasteiger partial charge >= 0.3 is 0 Å². The quantitative estimate of drug-likeness (QED) is 0.526. The molecular formula is C6H10N3OS. The number of rotatable bonds is 0. The molecule has 0 amide bonds. The van der Waals surface area contributed by atoms with Crippen LogP contribution in [-0.4, -0.2) is 33.8 Å². The predicted molar refractivity (Wildman–Crippen MR) is 43.8 cm³/mol. The van der Waals surface area contributed by atoms with Crippen LogP contribution in [0.25, 0.3) is 0 Å². The SMILES string of the molecule is CC1CSC2NN=[C]N2C1O. The summed E-state index contributed by atoms with van der Waals surface area (Å²) in [6, 6.07) is 0. The zero-order chi connectivity index (χ0) is 7.84. The van der Waals surface area contributed by atoms with Crippen molar-refractivity contribution in [1.82, 2.24) is 10.3 Å². The first-order valence-corrected chi connectivity index (χ1v) is 4.63. The minimum Gasteiger partial charge on any atom is -0.373 e. The Labute approximate surface area is 69.6 Å². The van der Waals surface area contributed by atoms with Crippen molar-refractivity contribution in [2.24, 2.45) is 11.0 Å². The van der Waals surface area contributed by atoms with Crippen molar-refractivity contribution in [3.05, 3.63) is 0 Å². The third kappa shape index (κ3) is 1.08. The van der Waals surface area contributed by atoms with Gasteiger partial charge in [0.2, 0.25) is 0 Å². The highest BCUT2D eigenvalue weighted by atomic mass is 32.2. The van der Waals surface area contributed by atoms with Gasteiger partial charge in [-0.25, -0.2) is 0 Å². The predicted octanol–water partition coefficient (Wildman–Crippen LogP) is -0.303. The maximum Gasteiger partial charge on any atom is 0.197 e. The Morgan fingerprint density at radius 1 is 1.82 bits per heavy atom. The second-order valence-electron chi connectivity index (χ2n) is 2.82. The molecule has 11 heavy (non-hydrogen) atoms. The van der Waals surface area contributed by atoms with Gasteiger partial charge in [-0.2, -0.15) is 5.10 Å². The first-order valence-electron chi connectivity index (χ1n) is 3.58. The van der Waals surface area contributed by atoms with E-state index in [9.17, 15) is 5.11 Å². The molecule has 2 aliphatic rings. The van der Waals surface area contributed by atoms with Crippen LogP contribution in [0.15, 0.2) is 5.10 Å². The zero-order valence-electron chi connectivity index (χ0n) is 6.19. The van der Waals surface area contributed by atoms with E-state index in [-0.39, 0.29) is 5.50 Å². The van der Waals surface area contributed by atoms with Gasteiger partial charge in [0.25, 0.3) is 0 Å². The van der Waals surface area contributed by atoms with Crippen LogP contribution in [0, 0.1) is 5.92 Å². The molecule has 4 nitrogen and oxygen atoms in total. The molecular weight excluding hydrogens is 162 g/mol. The third-order valence-corrected chi connectivity index (χ3v) is 3.27. The molecule has 5 heteroatoms. The Morgan fingerprint density at radius 2 is 2.64 bits per heavy atom. The lowest BCUT2D eigenvalue weighted by molar-refractivity contribution is 0.00826. The zero-order valence-corrected chi connectivity index (χ0v) is 7.01. The summed E-state index contributed by atoms with van der Waals surface area (Å²) < 4.78 is 0. The molecule has 1 fully saturated rings. The van der Waals surface area contributed by atoms with E-state index in [4.69, 9.17) is 0 Å². The van der Waals surface area contributed by atoms with Crippen LogP contribution in [0.1, 0.15) is 6.92 Å². The Hall–Kier alpha value is -0.420. The third-order valence-electron chi connectivity index (χ3n) is 1.90. The fourth-order valence-electron chi connectivity index (χ4n) is 1.18. The molecule has 0 aromatic carbocycles. The van der Waals surface area contributed by atoms with Crippen molar-refractivity contribution >= 4 is 18.1 Å². The smallest absolute Gasteiger partial charge is 0.197 e. The minimum atomic E-state index is -0.431. The molecule has 2 N–H and O–H groups in total. The van der Waals surface area contributed by atoms with Crippen molar-refractivity contribution in [2.45, 2.75) is 18.6 Å². The summed E-state index contributed by atoms with van der Waals surface area (Å²) in [4.78, 5) is 1.72. The number of hydrazone groups is 1. The number of aliphatic hydroxyl groups excluding tert-OH is 1. The van der Waals surface area contributed by atoms with E-state index in [1.165, 1.54) is 0 Å². The molecule has 2 rings (SSSR count). The number of nitrogens with zero attached hydrogens (tertiary/aromatic N) is 2. The Bertz CT molecular complexity index is 187. The average molecular weight is 172 g/mol. The van der Waals surface area contributed by atoms with Gasteiger partial charge in [-0.1, -0.05) is 6.92 Å². The molecule has 2 heterocycles. The number of hydrogen-bond donors (Lipinski definition) is 2. The number of fused-ring (bicyclic) bond motifs is 1. The summed E-state index contributed by atoms with van der Waals surface area (Å²) in [6.07, 6.45) is 2.28. The molecule has 3 unspecified atom stereocenters. The number of thioether (sulfide) groups is 1. The van der Waals surface area contributed by atoms with Crippen LogP contribution in [-0.2, 0) is 0 Å². The molecule has 3 atom stereocenters. The van der Waals surface area contributed by atoms with Crippen LogP contribution >= 0.6 is 11.8 Å². The lowest BCUT2D eigenvalue weighted by atomic mass is 10.2. The summed E-state index contributed by atoms with van der Waals surface area (Å²) in [6.45, 7) is 2.02. The van der Waals surface area contributed by atoms with E-state index >= 15 is 0 Å². The largest absolute Gasteiger partial charge is 0.373 e. The van der Waals surface area contributed by atoms with Gasteiger partial charge in [0.1, 0.15) is 6.23 Å². The van der Waals surface area contributed by atoms with Crippen molar-refractivity contribution in [1.29, 1.82) is 0 Å².